The van der Waals surface area contributed by atoms with E-state index in [0.717, 1.165) is 18.8 Å². The molecule has 0 N–H and O–H groups in total. The summed E-state index contributed by atoms with van der Waals surface area (Å²) in [6.45, 7) is 18.9. The molecule has 0 aromatic carbocycles. The number of hydrogen-bond acceptors (Lipinski definition) is 4. The summed E-state index contributed by atoms with van der Waals surface area (Å²) >= 11 is 0. The van der Waals surface area contributed by atoms with E-state index in [1.807, 2.05) is 11.5 Å². The van der Waals surface area contributed by atoms with Gasteiger partial charge in [0.15, 0.2) is 19.5 Å². The normalized spacial score (nSPS) is 13.0. The van der Waals surface area contributed by atoms with Crippen LogP contribution in [-0.4, -0.2) is 33.6 Å². The van der Waals surface area contributed by atoms with Crippen LogP contribution in [0.25, 0.3) is 11.2 Å². The summed E-state index contributed by atoms with van der Waals surface area (Å²) in [5, 5.41) is 0.138. The number of fused-ring (bicyclic) bond motifs is 1. The molecule has 0 spiro atoms. The molecule has 0 aliphatic carbocycles. The highest BCUT2D eigenvalue weighted by molar-refractivity contribution is 6.74. The van der Waals surface area contributed by atoms with Crippen molar-refractivity contribution in [3.8, 4) is 0 Å². The lowest BCUT2D eigenvalue weighted by Gasteiger charge is -2.36. The van der Waals surface area contributed by atoms with E-state index >= 15 is 0 Å². The molecule has 0 saturated carbocycles. The standard InChI is InChI=1S/C21H38N4O3Si/c1-15(2)11-13-24-16(3)22-18-17(24)19(26)25(20(27)23(18)7)12-10-14-28-29(8,9)21(4,5)6/h15H,10-14H2,1-9H3. The minimum absolute atomic E-state index is 0.138. The lowest BCUT2D eigenvalue weighted by atomic mass is 10.1. The second-order valence-corrected chi connectivity index (χ2v) is 14.7. The Morgan fingerprint density at radius 2 is 1.72 bits per heavy atom. The maximum absolute atomic E-state index is 13.2. The minimum Gasteiger partial charge on any atom is -0.417 e. The van der Waals surface area contributed by atoms with Crippen LogP contribution in [0, 0.1) is 12.8 Å². The van der Waals surface area contributed by atoms with Gasteiger partial charge in [-0.3, -0.25) is 13.9 Å². The Labute approximate surface area is 174 Å². The predicted octanol–water partition coefficient (Wildman–Crippen LogP) is 3.66. The van der Waals surface area contributed by atoms with Gasteiger partial charge in [-0.25, -0.2) is 9.78 Å². The lowest BCUT2D eigenvalue weighted by Crippen LogP contribution is -2.42. The fourth-order valence-corrected chi connectivity index (χ4v) is 4.19. The zero-order valence-corrected chi connectivity index (χ0v) is 20.6. The van der Waals surface area contributed by atoms with Crippen LogP contribution in [0.1, 0.15) is 53.3 Å². The van der Waals surface area contributed by atoms with Gasteiger partial charge in [-0.15, -0.1) is 0 Å². The third kappa shape index (κ3) is 4.91. The first-order chi connectivity index (χ1) is 13.3. The Hall–Kier alpha value is -1.67. The van der Waals surface area contributed by atoms with Crippen LogP contribution in [0.3, 0.4) is 0 Å². The van der Waals surface area contributed by atoms with Crippen molar-refractivity contribution in [1.29, 1.82) is 0 Å². The fraction of sp³-hybridized carbons (Fsp3) is 0.762. The van der Waals surface area contributed by atoms with Crippen LogP contribution < -0.4 is 11.2 Å². The van der Waals surface area contributed by atoms with E-state index in [1.165, 1.54) is 9.13 Å². The zero-order valence-electron chi connectivity index (χ0n) is 19.6. The van der Waals surface area contributed by atoms with Crippen molar-refractivity contribution < 1.29 is 4.43 Å². The van der Waals surface area contributed by atoms with Crippen molar-refractivity contribution in [2.24, 2.45) is 13.0 Å². The molecule has 0 unspecified atom stereocenters. The van der Waals surface area contributed by atoms with E-state index in [1.54, 1.807) is 7.05 Å². The second kappa shape index (κ2) is 8.59. The molecule has 0 radical (unpaired) electrons. The van der Waals surface area contributed by atoms with Crippen LogP contribution in [0.15, 0.2) is 9.59 Å². The third-order valence-electron chi connectivity index (χ3n) is 6.15. The Morgan fingerprint density at radius 1 is 1.10 bits per heavy atom. The third-order valence-corrected chi connectivity index (χ3v) is 10.7. The molecule has 29 heavy (non-hydrogen) atoms. The largest absolute Gasteiger partial charge is 0.417 e. The van der Waals surface area contributed by atoms with E-state index in [0.29, 0.717) is 36.7 Å². The van der Waals surface area contributed by atoms with Crippen LogP contribution >= 0.6 is 0 Å². The summed E-state index contributed by atoms with van der Waals surface area (Å²) in [7, 11) is -0.150. The highest BCUT2D eigenvalue weighted by Gasteiger charge is 2.36. The Balaban J connectivity index is 2.31. The maximum atomic E-state index is 13.2. The molecule has 0 aliphatic rings. The van der Waals surface area contributed by atoms with Gasteiger partial charge in [-0.1, -0.05) is 34.6 Å². The lowest BCUT2D eigenvalue weighted by molar-refractivity contribution is 0.273. The zero-order chi connectivity index (χ0) is 22.1. The summed E-state index contributed by atoms with van der Waals surface area (Å²) in [5.41, 5.74) is 0.425. The minimum atomic E-state index is -1.84. The van der Waals surface area contributed by atoms with Crippen molar-refractivity contribution in [1.82, 2.24) is 18.7 Å². The summed E-state index contributed by atoms with van der Waals surface area (Å²) in [5.74, 6) is 1.29. The van der Waals surface area contributed by atoms with Crippen molar-refractivity contribution in [3.05, 3.63) is 26.7 Å². The number of aromatic nitrogens is 4. The number of aryl methyl sites for hydroxylation is 3. The van der Waals surface area contributed by atoms with Gasteiger partial charge in [0, 0.05) is 26.7 Å². The topological polar surface area (TPSA) is 71.1 Å². The predicted molar refractivity (Wildman–Crippen MR) is 121 cm³/mol. The van der Waals surface area contributed by atoms with E-state index < -0.39 is 8.32 Å². The van der Waals surface area contributed by atoms with Gasteiger partial charge in [-0.05, 0) is 43.8 Å². The van der Waals surface area contributed by atoms with E-state index in [4.69, 9.17) is 4.43 Å². The average molecular weight is 423 g/mol. The van der Waals surface area contributed by atoms with Crippen molar-refractivity contribution in [3.63, 3.8) is 0 Å². The molecule has 0 atom stereocenters. The molecule has 2 aromatic heterocycles. The number of imidazole rings is 1. The molecule has 0 saturated heterocycles. The molecule has 2 heterocycles. The van der Waals surface area contributed by atoms with Gasteiger partial charge in [0.25, 0.3) is 5.56 Å². The molecule has 0 bridgehead atoms. The van der Waals surface area contributed by atoms with Gasteiger partial charge >= 0.3 is 5.69 Å². The molecule has 2 rings (SSSR count). The van der Waals surface area contributed by atoms with Crippen LogP contribution in [0.4, 0.5) is 0 Å². The molecular formula is C21H38N4O3Si. The highest BCUT2D eigenvalue weighted by atomic mass is 28.4. The molecule has 8 heteroatoms. The molecule has 7 nitrogen and oxygen atoms in total. The first-order valence-corrected chi connectivity index (χ1v) is 13.5. The van der Waals surface area contributed by atoms with Gasteiger partial charge < -0.3 is 8.99 Å². The van der Waals surface area contributed by atoms with Gasteiger partial charge in [-0.2, -0.15) is 0 Å². The Morgan fingerprint density at radius 3 is 2.28 bits per heavy atom. The monoisotopic (exact) mass is 422 g/mol. The van der Waals surface area contributed by atoms with Gasteiger partial charge in [0.1, 0.15) is 5.82 Å². The molecule has 0 aliphatic heterocycles. The van der Waals surface area contributed by atoms with E-state index in [9.17, 15) is 9.59 Å². The van der Waals surface area contributed by atoms with Crippen LogP contribution in [-0.2, 0) is 24.6 Å². The summed E-state index contributed by atoms with van der Waals surface area (Å²) < 4.78 is 11.0. The SMILES string of the molecule is Cc1nc2c(c(=O)n(CCCO[Si](C)(C)C(C)(C)C)c(=O)n2C)n1CCC(C)C. The summed E-state index contributed by atoms with van der Waals surface area (Å²) in [4.78, 5) is 30.5. The maximum Gasteiger partial charge on any atom is 0.332 e. The van der Waals surface area contributed by atoms with Crippen molar-refractivity contribution >= 4 is 19.5 Å². The number of nitrogens with zero attached hydrogens (tertiary/aromatic N) is 4. The first-order valence-electron chi connectivity index (χ1n) is 10.6. The Bertz CT molecular complexity index is 977. The van der Waals surface area contributed by atoms with Crippen LogP contribution in [0.5, 0.6) is 0 Å². The fourth-order valence-electron chi connectivity index (χ4n) is 3.10. The van der Waals surface area contributed by atoms with E-state index in [-0.39, 0.29) is 16.3 Å². The summed E-state index contributed by atoms with van der Waals surface area (Å²) in [6, 6.07) is 0. The molecule has 164 valence electrons. The quantitative estimate of drug-likeness (QED) is 0.481. The molecule has 0 fully saturated rings. The molecule has 2 aromatic rings. The smallest absolute Gasteiger partial charge is 0.332 e. The highest BCUT2D eigenvalue weighted by Crippen LogP contribution is 2.36. The van der Waals surface area contributed by atoms with E-state index in [2.05, 4.69) is 52.7 Å². The number of hydrogen-bond donors (Lipinski definition) is 0. The Kier molecular flexibility index (Phi) is 7.00. The van der Waals surface area contributed by atoms with Crippen molar-refractivity contribution in [2.45, 2.75) is 85.6 Å². The summed E-state index contributed by atoms with van der Waals surface area (Å²) in [6.07, 6.45) is 1.58. The average Bonchev–Trinajstić information content (AvgIpc) is 2.93. The van der Waals surface area contributed by atoms with Crippen molar-refractivity contribution in [2.75, 3.05) is 6.61 Å². The van der Waals surface area contributed by atoms with Gasteiger partial charge in [0.05, 0.1) is 0 Å². The first kappa shape index (κ1) is 23.6. The number of rotatable bonds is 8. The van der Waals surface area contributed by atoms with Crippen LogP contribution in [0.2, 0.25) is 18.1 Å². The van der Waals surface area contributed by atoms with Gasteiger partial charge in [0.2, 0.25) is 0 Å². The molecular weight excluding hydrogens is 384 g/mol. The second-order valence-electron chi connectivity index (χ2n) is 9.93. The molecule has 0 amide bonds.